The van der Waals surface area contributed by atoms with Crippen LogP contribution in [0.1, 0.15) is 26.7 Å². The van der Waals surface area contributed by atoms with Crippen LogP contribution in [0, 0.1) is 0 Å². The Morgan fingerprint density at radius 2 is 1.57 bits per heavy atom. The first-order chi connectivity index (χ1) is 2.81. The minimum Gasteiger partial charge on any atom is -0.300 e. The molecule has 0 aliphatic carbocycles. The summed E-state index contributed by atoms with van der Waals surface area (Å²) in [5, 5.41) is 0. The lowest BCUT2D eigenvalue weighted by molar-refractivity contribution is -0.118. The number of carbonyl (C=O) groups is 1. The van der Waals surface area contributed by atoms with Crippen molar-refractivity contribution in [2.75, 3.05) is 0 Å². The molecule has 1 nitrogen and oxygen atoms in total. The highest BCUT2D eigenvalue weighted by atomic mass is 35.5. The van der Waals surface area contributed by atoms with Crippen molar-refractivity contribution < 1.29 is 4.79 Å². The Hall–Kier alpha value is -0.0400. The summed E-state index contributed by atoms with van der Waals surface area (Å²) in [6, 6.07) is 0. The van der Waals surface area contributed by atoms with Crippen molar-refractivity contribution in [3.8, 4) is 0 Å². The van der Waals surface area contributed by atoms with Crippen LogP contribution < -0.4 is 0 Å². The van der Waals surface area contributed by atoms with Crippen molar-refractivity contribution in [1.82, 2.24) is 0 Å². The van der Waals surface area contributed by atoms with Gasteiger partial charge in [-0.25, -0.2) is 0 Å². The second kappa shape index (κ2) is 5.96. The molecular weight excluding hydrogens is 112 g/mol. The van der Waals surface area contributed by atoms with Crippen LogP contribution in [0.2, 0.25) is 0 Å². The Labute approximate surface area is 50.5 Å². The van der Waals surface area contributed by atoms with E-state index >= 15 is 0 Å². The minimum atomic E-state index is 0. The zero-order chi connectivity index (χ0) is 4.99. The van der Waals surface area contributed by atoms with Gasteiger partial charge in [-0.2, -0.15) is 0 Å². The molecule has 0 N–H and O–H groups in total. The van der Waals surface area contributed by atoms with E-state index in [1.165, 1.54) is 0 Å². The molecule has 0 aromatic carbocycles. The number of hydrogen-bond donors (Lipinski definition) is 0. The molecule has 0 saturated carbocycles. The first-order valence-electron chi connectivity index (χ1n) is 2.33. The molecule has 0 bridgehead atoms. The zero-order valence-corrected chi connectivity index (χ0v) is 5.55. The van der Waals surface area contributed by atoms with E-state index < -0.39 is 0 Å². The van der Waals surface area contributed by atoms with Gasteiger partial charge >= 0.3 is 0 Å². The number of hydrogen-bond acceptors (Lipinski definition) is 1. The normalized spacial score (nSPS) is 7.14. The van der Waals surface area contributed by atoms with Gasteiger partial charge in [0.2, 0.25) is 0 Å². The summed E-state index contributed by atoms with van der Waals surface area (Å²) in [7, 11) is 0. The predicted octanol–water partition coefficient (Wildman–Crippen LogP) is 1.80. The van der Waals surface area contributed by atoms with Gasteiger partial charge in [0.25, 0.3) is 0 Å². The number of Topliss-reactive ketones (excluding diaryl/α,β-unsaturated/α-hetero) is 1. The van der Waals surface area contributed by atoms with Crippen LogP contribution in [0.5, 0.6) is 0 Å². The first kappa shape index (κ1) is 10.0. The molecule has 0 unspecified atom stereocenters. The van der Waals surface area contributed by atoms with E-state index in [9.17, 15) is 4.79 Å². The van der Waals surface area contributed by atoms with E-state index in [2.05, 4.69) is 0 Å². The Balaban J connectivity index is 0. The quantitative estimate of drug-likeness (QED) is 0.546. The van der Waals surface area contributed by atoms with E-state index in [0.29, 0.717) is 18.6 Å². The van der Waals surface area contributed by atoms with Crippen molar-refractivity contribution in [2.45, 2.75) is 26.7 Å². The average Bonchev–Trinajstić information content (AvgIpc) is 1.65. The van der Waals surface area contributed by atoms with Gasteiger partial charge in [0.05, 0.1) is 0 Å². The maximum Gasteiger partial charge on any atom is 0.132 e. The predicted molar refractivity (Wildman–Crippen MR) is 32.8 cm³/mol. The molecule has 44 valence electrons. The lowest BCUT2D eigenvalue weighted by Crippen LogP contribution is -1.88. The molecule has 0 aromatic rings. The Kier molecular flexibility index (Phi) is 8.56. The highest BCUT2D eigenvalue weighted by Gasteiger charge is 1.86. The van der Waals surface area contributed by atoms with Gasteiger partial charge in [-0.15, -0.1) is 12.4 Å². The van der Waals surface area contributed by atoms with Crippen molar-refractivity contribution >= 4 is 18.2 Å². The van der Waals surface area contributed by atoms with Gasteiger partial charge in [-0.1, -0.05) is 13.8 Å². The van der Waals surface area contributed by atoms with Gasteiger partial charge in [0.1, 0.15) is 5.78 Å². The van der Waals surface area contributed by atoms with Crippen LogP contribution in [0.25, 0.3) is 0 Å². The molecule has 0 spiro atoms. The number of halogens is 1. The Morgan fingerprint density at radius 3 is 1.57 bits per heavy atom. The molecule has 2 heteroatoms. The standard InChI is InChI=1S/C5H10O.ClH/c1-3-5(6)4-2;/h3-4H2,1-2H3;1H. The van der Waals surface area contributed by atoms with E-state index in [4.69, 9.17) is 0 Å². The summed E-state index contributed by atoms with van der Waals surface area (Å²) >= 11 is 0. The Morgan fingerprint density at radius 1 is 1.29 bits per heavy atom. The van der Waals surface area contributed by atoms with Crippen LogP contribution in [0.15, 0.2) is 0 Å². The van der Waals surface area contributed by atoms with Crippen molar-refractivity contribution in [1.29, 1.82) is 0 Å². The Bertz CT molecular complexity index is 46.0. The second-order valence-electron chi connectivity index (χ2n) is 1.25. The lowest BCUT2D eigenvalue weighted by atomic mass is 10.3. The molecule has 0 radical (unpaired) electrons. The highest BCUT2D eigenvalue weighted by molar-refractivity contribution is 5.85. The monoisotopic (exact) mass is 122 g/mol. The maximum absolute atomic E-state index is 10.2. The van der Waals surface area contributed by atoms with Gasteiger partial charge in [-0.3, -0.25) is 4.79 Å². The van der Waals surface area contributed by atoms with E-state index in [1.807, 2.05) is 13.8 Å². The van der Waals surface area contributed by atoms with E-state index in [1.54, 1.807) is 0 Å². The van der Waals surface area contributed by atoms with Crippen LogP contribution in [0.3, 0.4) is 0 Å². The minimum absolute atomic E-state index is 0. The maximum atomic E-state index is 10.2. The van der Waals surface area contributed by atoms with E-state index in [-0.39, 0.29) is 12.4 Å². The fourth-order valence-corrected chi connectivity index (χ4v) is 0.250. The van der Waals surface area contributed by atoms with Crippen LogP contribution >= 0.6 is 12.4 Å². The molecule has 0 rings (SSSR count). The van der Waals surface area contributed by atoms with Crippen molar-refractivity contribution in [3.63, 3.8) is 0 Å². The van der Waals surface area contributed by atoms with Gasteiger partial charge in [-0.05, 0) is 0 Å². The molecule has 0 amide bonds. The summed E-state index contributed by atoms with van der Waals surface area (Å²) in [6.45, 7) is 3.76. The molecular formula is C5H11ClO. The largest absolute Gasteiger partial charge is 0.300 e. The fraction of sp³-hybridized carbons (Fsp3) is 0.800. The topological polar surface area (TPSA) is 17.1 Å². The molecule has 0 aromatic heterocycles. The summed E-state index contributed by atoms with van der Waals surface area (Å²) < 4.78 is 0. The smallest absolute Gasteiger partial charge is 0.132 e. The number of carbonyl (C=O) groups excluding carboxylic acids is 1. The molecule has 0 heterocycles. The van der Waals surface area contributed by atoms with Crippen LogP contribution in [-0.4, -0.2) is 5.78 Å². The number of rotatable bonds is 2. The highest BCUT2D eigenvalue weighted by Crippen LogP contribution is 1.82. The summed E-state index contributed by atoms with van der Waals surface area (Å²) in [6.07, 6.45) is 1.38. The third-order valence-electron chi connectivity index (χ3n) is 0.789. The molecule has 0 saturated heterocycles. The van der Waals surface area contributed by atoms with Gasteiger partial charge in [0, 0.05) is 12.8 Å². The third-order valence-corrected chi connectivity index (χ3v) is 0.789. The van der Waals surface area contributed by atoms with E-state index in [0.717, 1.165) is 0 Å². The van der Waals surface area contributed by atoms with Gasteiger partial charge < -0.3 is 0 Å². The van der Waals surface area contributed by atoms with Crippen LogP contribution in [-0.2, 0) is 4.79 Å². The molecule has 0 aliphatic heterocycles. The molecule has 7 heavy (non-hydrogen) atoms. The molecule has 0 atom stereocenters. The lowest BCUT2D eigenvalue weighted by Gasteiger charge is -1.81. The van der Waals surface area contributed by atoms with Crippen molar-refractivity contribution in [3.05, 3.63) is 0 Å². The molecule has 0 fully saturated rings. The SMILES string of the molecule is CCC(=O)CC.Cl. The van der Waals surface area contributed by atoms with Crippen LogP contribution in [0.4, 0.5) is 0 Å². The van der Waals surface area contributed by atoms with Gasteiger partial charge in [0.15, 0.2) is 0 Å². The zero-order valence-electron chi connectivity index (χ0n) is 4.73. The summed E-state index contributed by atoms with van der Waals surface area (Å²) in [5.41, 5.74) is 0. The molecule has 0 aliphatic rings. The summed E-state index contributed by atoms with van der Waals surface area (Å²) in [5.74, 6) is 0.343. The second-order valence-corrected chi connectivity index (χ2v) is 1.25. The fourth-order valence-electron chi connectivity index (χ4n) is 0.250. The first-order valence-corrected chi connectivity index (χ1v) is 2.33. The summed E-state index contributed by atoms with van der Waals surface area (Å²) in [4.78, 5) is 10.2. The third kappa shape index (κ3) is 5.96. The average molecular weight is 123 g/mol. The van der Waals surface area contributed by atoms with Crippen molar-refractivity contribution in [2.24, 2.45) is 0 Å². The number of ketones is 1.